The van der Waals surface area contributed by atoms with Crippen LogP contribution in [0.4, 0.5) is 0 Å². The minimum absolute atomic E-state index is 0. The van der Waals surface area contributed by atoms with Gasteiger partial charge >= 0.3 is 0 Å². The number of hydrogen-bond acceptors (Lipinski definition) is 3. The quantitative estimate of drug-likeness (QED) is 0.663. The van der Waals surface area contributed by atoms with Gasteiger partial charge in [0.1, 0.15) is 12.4 Å². The zero-order chi connectivity index (χ0) is 12.8. The van der Waals surface area contributed by atoms with E-state index in [4.69, 9.17) is 9.84 Å². The van der Waals surface area contributed by atoms with Crippen LogP contribution in [0.1, 0.15) is 15.9 Å². The van der Waals surface area contributed by atoms with E-state index in [1.807, 2.05) is 18.2 Å². The van der Waals surface area contributed by atoms with E-state index in [0.717, 1.165) is 0 Å². The van der Waals surface area contributed by atoms with E-state index in [0.29, 0.717) is 16.9 Å². The van der Waals surface area contributed by atoms with Crippen LogP contribution in [0.3, 0.4) is 0 Å². The molecule has 0 unspecified atom stereocenters. The van der Waals surface area contributed by atoms with Gasteiger partial charge in [-0.15, -0.1) is 0 Å². The molecule has 2 rings (SSSR count). The number of benzene rings is 2. The number of carbonyl (C=O) groups excluding carboxylic acids is 1. The van der Waals surface area contributed by atoms with E-state index >= 15 is 0 Å². The van der Waals surface area contributed by atoms with Crippen molar-refractivity contribution >= 4 is 35.3 Å². The summed E-state index contributed by atoms with van der Waals surface area (Å²) < 4.78 is 5.36. The summed E-state index contributed by atoms with van der Waals surface area (Å²) in [6, 6.07) is 16.1. The molecule has 4 heteroatoms. The van der Waals surface area contributed by atoms with Crippen LogP contribution in [-0.4, -0.2) is 53.7 Å². The van der Waals surface area contributed by atoms with Gasteiger partial charge in [0.2, 0.25) is 0 Å². The number of carbonyl (C=O) groups is 1. The summed E-state index contributed by atoms with van der Waals surface area (Å²) in [5.74, 6) is 0.421. The van der Waals surface area contributed by atoms with Crippen molar-refractivity contribution in [2.45, 2.75) is 0 Å². The number of ketones is 1. The third-order valence-corrected chi connectivity index (χ3v) is 2.52. The zero-order valence-corrected chi connectivity index (χ0v) is 12.9. The van der Waals surface area contributed by atoms with Crippen molar-refractivity contribution in [3.63, 3.8) is 0 Å². The molecule has 0 spiro atoms. The zero-order valence-electron chi connectivity index (χ0n) is 10.9. The van der Waals surface area contributed by atoms with Gasteiger partial charge in [-0.2, -0.15) is 0 Å². The standard InChI is InChI=1S/C15H14O3.Na/c16-10-11-18-14-9-5-4-8-13(14)15(17)12-6-2-1-3-7-12;/h1-9,16H,10-11H2;. The van der Waals surface area contributed by atoms with Gasteiger partial charge in [0.15, 0.2) is 5.78 Å². The molecular formula is C15H14NaO3. The Morgan fingerprint density at radius 3 is 2.32 bits per heavy atom. The molecule has 0 aliphatic carbocycles. The van der Waals surface area contributed by atoms with Crippen LogP contribution < -0.4 is 4.74 Å². The molecule has 1 radical (unpaired) electrons. The van der Waals surface area contributed by atoms with Crippen molar-refractivity contribution in [3.05, 3.63) is 65.7 Å². The fraction of sp³-hybridized carbons (Fsp3) is 0.133. The molecule has 0 bridgehead atoms. The summed E-state index contributed by atoms with van der Waals surface area (Å²) in [4.78, 5) is 12.3. The van der Waals surface area contributed by atoms with Gasteiger partial charge in [-0.3, -0.25) is 4.79 Å². The number of ether oxygens (including phenoxy) is 1. The van der Waals surface area contributed by atoms with Crippen molar-refractivity contribution in [1.82, 2.24) is 0 Å². The minimum atomic E-state index is -0.0795. The van der Waals surface area contributed by atoms with Crippen LogP contribution in [-0.2, 0) is 0 Å². The summed E-state index contributed by atoms with van der Waals surface area (Å²) in [6.07, 6.45) is 0. The van der Waals surface area contributed by atoms with E-state index in [9.17, 15) is 4.79 Å². The average molecular weight is 265 g/mol. The summed E-state index contributed by atoms with van der Waals surface area (Å²) in [5, 5.41) is 8.76. The van der Waals surface area contributed by atoms with E-state index in [1.165, 1.54) is 0 Å². The molecule has 2 aromatic carbocycles. The minimum Gasteiger partial charge on any atom is -0.490 e. The van der Waals surface area contributed by atoms with Crippen LogP contribution in [0, 0.1) is 0 Å². The Kier molecular flexibility index (Phi) is 6.81. The molecule has 3 nitrogen and oxygen atoms in total. The third kappa shape index (κ3) is 4.18. The Morgan fingerprint density at radius 2 is 1.63 bits per heavy atom. The Bertz CT molecular complexity index is 526. The molecule has 2 aromatic rings. The normalized spacial score (nSPS) is 9.53. The van der Waals surface area contributed by atoms with Crippen LogP contribution in [0.2, 0.25) is 0 Å². The largest absolute Gasteiger partial charge is 0.490 e. The van der Waals surface area contributed by atoms with E-state index < -0.39 is 0 Å². The Morgan fingerprint density at radius 1 is 1.00 bits per heavy atom. The van der Waals surface area contributed by atoms with E-state index in [1.54, 1.807) is 36.4 Å². The number of hydrogen-bond donors (Lipinski definition) is 1. The summed E-state index contributed by atoms with van der Waals surface area (Å²) in [5.41, 5.74) is 1.13. The monoisotopic (exact) mass is 265 g/mol. The molecule has 0 aliphatic rings. The second-order valence-corrected chi connectivity index (χ2v) is 3.76. The molecule has 0 atom stereocenters. The van der Waals surface area contributed by atoms with Crippen molar-refractivity contribution in [2.24, 2.45) is 0 Å². The molecule has 1 N–H and O–H groups in total. The SMILES string of the molecule is O=C(c1ccccc1)c1ccccc1OCCO.[Na]. The Hall–Kier alpha value is -1.13. The van der Waals surface area contributed by atoms with Gasteiger partial charge in [0.05, 0.1) is 12.2 Å². The third-order valence-electron chi connectivity index (χ3n) is 2.52. The molecule has 0 amide bonds. The summed E-state index contributed by atoms with van der Waals surface area (Å²) >= 11 is 0. The van der Waals surface area contributed by atoms with Crippen molar-refractivity contribution in [1.29, 1.82) is 0 Å². The van der Waals surface area contributed by atoms with Gasteiger partial charge < -0.3 is 9.84 Å². The van der Waals surface area contributed by atoms with Crippen LogP contribution in [0.15, 0.2) is 54.6 Å². The van der Waals surface area contributed by atoms with Gasteiger partial charge in [-0.1, -0.05) is 42.5 Å². The first-order valence-corrected chi connectivity index (χ1v) is 5.75. The second kappa shape index (κ2) is 8.12. The van der Waals surface area contributed by atoms with Gasteiger partial charge in [-0.05, 0) is 12.1 Å². The second-order valence-electron chi connectivity index (χ2n) is 3.76. The molecule has 0 saturated heterocycles. The maximum absolute atomic E-state index is 12.3. The van der Waals surface area contributed by atoms with E-state index in [-0.39, 0.29) is 48.6 Å². The smallest absolute Gasteiger partial charge is 0.196 e. The topological polar surface area (TPSA) is 46.5 Å². The predicted octanol–water partition coefficient (Wildman–Crippen LogP) is 1.91. The molecule has 0 fully saturated rings. The maximum Gasteiger partial charge on any atom is 0.196 e. The molecule has 0 aromatic heterocycles. The van der Waals surface area contributed by atoms with Crippen LogP contribution in [0.5, 0.6) is 5.75 Å². The first-order chi connectivity index (χ1) is 8.83. The molecule has 0 aliphatic heterocycles. The molecule has 0 heterocycles. The van der Waals surface area contributed by atoms with Gasteiger partial charge in [0, 0.05) is 35.1 Å². The summed E-state index contributed by atoms with van der Waals surface area (Å²) in [6.45, 7) is 0.104. The van der Waals surface area contributed by atoms with Crippen molar-refractivity contribution in [2.75, 3.05) is 13.2 Å². The maximum atomic E-state index is 12.3. The fourth-order valence-corrected chi connectivity index (χ4v) is 1.68. The van der Waals surface area contributed by atoms with Gasteiger partial charge in [-0.25, -0.2) is 0 Å². The van der Waals surface area contributed by atoms with Crippen LogP contribution >= 0.6 is 0 Å². The van der Waals surface area contributed by atoms with Gasteiger partial charge in [0.25, 0.3) is 0 Å². The molecular weight excluding hydrogens is 251 g/mol. The number of aliphatic hydroxyl groups is 1. The molecule has 0 saturated carbocycles. The summed E-state index contributed by atoms with van der Waals surface area (Å²) in [7, 11) is 0. The van der Waals surface area contributed by atoms with Crippen molar-refractivity contribution < 1.29 is 14.6 Å². The van der Waals surface area contributed by atoms with Crippen molar-refractivity contribution in [3.8, 4) is 5.75 Å². The van der Waals surface area contributed by atoms with E-state index in [2.05, 4.69) is 0 Å². The average Bonchev–Trinajstić information content (AvgIpc) is 2.45. The Balaban J connectivity index is 0.00000180. The fourth-order valence-electron chi connectivity index (χ4n) is 1.68. The number of para-hydroxylation sites is 1. The molecule has 93 valence electrons. The van der Waals surface area contributed by atoms with Crippen LogP contribution in [0.25, 0.3) is 0 Å². The number of rotatable bonds is 5. The Labute approximate surface area is 134 Å². The first-order valence-electron chi connectivity index (χ1n) is 5.75. The predicted molar refractivity (Wildman–Crippen MR) is 74.7 cm³/mol. The first kappa shape index (κ1) is 15.9. The molecule has 19 heavy (non-hydrogen) atoms. The number of aliphatic hydroxyl groups excluding tert-OH is 1.